The molecule has 1 rings (SSSR count). The Morgan fingerprint density at radius 1 is 1.53 bits per heavy atom. The number of hydrogen-bond acceptors (Lipinski definition) is 4. The average molecular weight is 258 g/mol. The van der Waals surface area contributed by atoms with Crippen molar-refractivity contribution in [3.63, 3.8) is 0 Å². The summed E-state index contributed by atoms with van der Waals surface area (Å²) in [4.78, 5) is 10.4. The topological polar surface area (TPSA) is 81.2 Å². The van der Waals surface area contributed by atoms with E-state index < -0.39 is 4.92 Å². The molecule has 1 unspecified atom stereocenters. The monoisotopic (exact) mass is 257 g/mol. The summed E-state index contributed by atoms with van der Waals surface area (Å²) < 4.78 is 0. The zero-order chi connectivity index (χ0) is 13.0. The number of nitrogens with one attached hydrogen (secondary N) is 1. The quantitative estimate of drug-likeness (QED) is 0.628. The van der Waals surface area contributed by atoms with Gasteiger partial charge >= 0.3 is 0 Å². The standard InChI is InChI=1S/C11H16ClN3O2/c1-7(2)10(6-13)14-9-4-3-8(12)5-11(9)15(16)17/h3-5,7,10,14H,6,13H2,1-2H3. The van der Waals surface area contributed by atoms with E-state index in [2.05, 4.69) is 5.32 Å². The molecule has 0 heterocycles. The van der Waals surface area contributed by atoms with Crippen LogP contribution in [0.1, 0.15) is 13.8 Å². The molecule has 0 aliphatic rings. The van der Waals surface area contributed by atoms with Crippen LogP contribution in [0.5, 0.6) is 0 Å². The van der Waals surface area contributed by atoms with E-state index in [-0.39, 0.29) is 17.6 Å². The second-order valence-corrected chi connectivity index (χ2v) is 4.59. The third-order valence-electron chi connectivity index (χ3n) is 2.56. The molecule has 5 nitrogen and oxygen atoms in total. The fraction of sp³-hybridized carbons (Fsp3) is 0.455. The second kappa shape index (κ2) is 5.84. The molecule has 0 fully saturated rings. The van der Waals surface area contributed by atoms with Crippen LogP contribution in [-0.2, 0) is 0 Å². The number of benzene rings is 1. The number of hydrogen-bond donors (Lipinski definition) is 2. The highest BCUT2D eigenvalue weighted by molar-refractivity contribution is 6.30. The maximum Gasteiger partial charge on any atom is 0.293 e. The van der Waals surface area contributed by atoms with Gasteiger partial charge in [0.15, 0.2) is 0 Å². The van der Waals surface area contributed by atoms with Gasteiger partial charge in [-0.15, -0.1) is 0 Å². The maximum atomic E-state index is 10.9. The van der Waals surface area contributed by atoms with Gasteiger partial charge in [0.25, 0.3) is 5.69 Å². The first-order valence-corrected chi connectivity index (χ1v) is 5.74. The Bertz CT molecular complexity index is 410. The van der Waals surface area contributed by atoms with Gasteiger partial charge in [-0.3, -0.25) is 10.1 Å². The molecule has 94 valence electrons. The lowest BCUT2D eigenvalue weighted by atomic mass is 10.0. The Morgan fingerprint density at radius 2 is 2.18 bits per heavy atom. The van der Waals surface area contributed by atoms with Crippen molar-refractivity contribution in [2.24, 2.45) is 11.7 Å². The van der Waals surface area contributed by atoms with Crippen LogP contribution in [0.3, 0.4) is 0 Å². The molecule has 1 atom stereocenters. The molecular formula is C11H16ClN3O2. The van der Waals surface area contributed by atoms with Gasteiger partial charge in [0.1, 0.15) is 5.69 Å². The molecule has 0 amide bonds. The van der Waals surface area contributed by atoms with Crippen LogP contribution in [0.25, 0.3) is 0 Å². The summed E-state index contributed by atoms with van der Waals surface area (Å²) in [6, 6.07) is 4.54. The molecule has 17 heavy (non-hydrogen) atoms. The lowest BCUT2D eigenvalue weighted by Gasteiger charge is -2.21. The highest BCUT2D eigenvalue weighted by Crippen LogP contribution is 2.28. The highest BCUT2D eigenvalue weighted by Gasteiger charge is 2.18. The van der Waals surface area contributed by atoms with E-state index in [4.69, 9.17) is 17.3 Å². The van der Waals surface area contributed by atoms with E-state index in [1.807, 2.05) is 13.8 Å². The minimum atomic E-state index is -0.456. The van der Waals surface area contributed by atoms with Crippen molar-refractivity contribution in [1.29, 1.82) is 0 Å². The number of nitro groups is 1. The number of rotatable bonds is 5. The predicted octanol–water partition coefficient (Wildman–Crippen LogP) is 2.64. The smallest absolute Gasteiger partial charge is 0.293 e. The van der Waals surface area contributed by atoms with Crippen LogP contribution in [0.4, 0.5) is 11.4 Å². The SMILES string of the molecule is CC(C)C(CN)Nc1ccc(Cl)cc1[N+](=O)[O-]. The van der Waals surface area contributed by atoms with Crippen molar-refractivity contribution in [3.8, 4) is 0 Å². The highest BCUT2D eigenvalue weighted by atomic mass is 35.5. The Hall–Kier alpha value is -1.33. The molecular weight excluding hydrogens is 242 g/mol. The van der Waals surface area contributed by atoms with Gasteiger partial charge < -0.3 is 11.1 Å². The van der Waals surface area contributed by atoms with Crippen molar-refractivity contribution in [2.75, 3.05) is 11.9 Å². The molecule has 0 radical (unpaired) electrons. The van der Waals surface area contributed by atoms with Gasteiger partial charge in [0.05, 0.1) is 4.92 Å². The van der Waals surface area contributed by atoms with Gasteiger partial charge in [-0.1, -0.05) is 25.4 Å². The van der Waals surface area contributed by atoms with Crippen molar-refractivity contribution < 1.29 is 4.92 Å². The average Bonchev–Trinajstić information content (AvgIpc) is 2.26. The third kappa shape index (κ3) is 3.57. The molecule has 0 aromatic heterocycles. The molecule has 6 heteroatoms. The van der Waals surface area contributed by atoms with Gasteiger partial charge in [-0.05, 0) is 18.1 Å². The van der Waals surface area contributed by atoms with E-state index >= 15 is 0 Å². The molecule has 3 N–H and O–H groups in total. The third-order valence-corrected chi connectivity index (χ3v) is 2.79. The number of halogens is 1. The van der Waals surface area contributed by atoms with Crippen molar-refractivity contribution in [2.45, 2.75) is 19.9 Å². The van der Waals surface area contributed by atoms with Gasteiger partial charge in [-0.2, -0.15) is 0 Å². The molecule has 0 aliphatic heterocycles. The second-order valence-electron chi connectivity index (χ2n) is 4.15. The van der Waals surface area contributed by atoms with E-state index in [1.165, 1.54) is 6.07 Å². The normalized spacial score (nSPS) is 12.5. The van der Waals surface area contributed by atoms with Crippen molar-refractivity contribution in [1.82, 2.24) is 0 Å². The summed E-state index contributed by atoms with van der Waals surface area (Å²) in [5.74, 6) is 0.287. The predicted molar refractivity (Wildman–Crippen MR) is 69.4 cm³/mol. The fourth-order valence-corrected chi connectivity index (χ4v) is 1.64. The molecule has 1 aromatic rings. The van der Waals surface area contributed by atoms with Gasteiger partial charge in [0, 0.05) is 23.7 Å². The largest absolute Gasteiger partial charge is 0.375 e. The van der Waals surface area contributed by atoms with Crippen LogP contribution in [0.15, 0.2) is 18.2 Å². The van der Waals surface area contributed by atoms with Crippen LogP contribution < -0.4 is 11.1 Å². The van der Waals surface area contributed by atoms with Crippen LogP contribution in [0.2, 0.25) is 5.02 Å². The molecule has 0 saturated heterocycles. The number of nitro benzene ring substituents is 1. The van der Waals surface area contributed by atoms with Gasteiger partial charge in [-0.25, -0.2) is 0 Å². The molecule has 0 aliphatic carbocycles. The van der Waals surface area contributed by atoms with E-state index in [1.54, 1.807) is 12.1 Å². The summed E-state index contributed by atoms with van der Waals surface area (Å²) in [6.45, 7) is 4.43. The first-order chi connectivity index (χ1) is 7.95. The molecule has 0 spiro atoms. The van der Waals surface area contributed by atoms with Crippen LogP contribution in [-0.4, -0.2) is 17.5 Å². The van der Waals surface area contributed by atoms with E-state index in [0.717, 1.165) is 0 Å². The summed E-state index contributed by atoms with van der Waals surface area (Å²) in [5, 5.41) is 14.3. The zero-order valence-electron chi connectivity index (χ0n) is 9.81. The fourth-order valence-electron chi connectivity index (χ4n) is 1.48. The Balaban J connectivity index is 3.01. The lowest BCUT2D eigenvalue weighted by molar-refractivity contribution is -0.384. The summed E-state index contributed by atoms with van der Waals surface area (Å²) in [5.41, 5.74) is 6.04. The lowest BCUT2D eigenvalue weighted by Crippen LogP contribution is -2.33. The number of anilines is 1. The molecule has 0 saturated carbocycles. The molecule has 1 aromatic carbocycles. The summed E-state index contributed by atoms with van der Waals surface area (Å²) in [6.07, 6.45) is 0. The minimum Gasteiger partial charge on any atom is -0.375 e. The minimum absolute atomic E-state index is 0.00474. The zero-order valence-corrected chi connectivity index (χ0v) is 10.6. The van der Waals surface area contributed by atoms with E-state index in [0.29, 0.717) is 17.3 Å². The number of nitrogens with two attached hydrogens (primary N) is 1. The Labute approximate surface area is 105 Å². The van der Waals surface area contributed by atoms with Crippen molar-refractivity contribution >= 4 is 23.0 Å². The van der Waals surface area contributed by atoms with Crippen molar-refractivity contribution in [3.05, 3.63) is 33.3 Å². The summed E-state index contributed by atoms with van der Waals surface area (Å²) >= 11 is 5.74. The van der Waals surface area contributed by atoms with Crippen LogP contribution in [0, 0.1) is 16.0 Å². The van der Waals surface area contributed by atoms with E-state index in [9.17, 15) is 10.1 Å². The number of nitrogens with zero attached hydrogens (tertiary/aromatic N) is 1. The summed E-state index contributed by atoms with van der Waals surface area (Å²) in [7, 11) is 0. The molecule has 0 bridgehead atoms. The van der Waals surface area contributed by atoms with Gasteiger partial charge in [0.2, 0.25) is 0 Å². The maximum absolute atomic E-state index is 10.9. The first kappa shape index (κ1) is 13.7. The Kier molecular flexibility index (Phi) is 4.72. The first-order valence-electron chi connectivity index (χ1n) is 5.36. The Morgan fingerprint density at radius 3 is 2.65 bits per heavy atom. The van der Waals surface area contributed by atoms with Crippen LogP contribution >= 0.6 is 11.6 Å².